The molecule has 4 N–H and O–H groups in total. The fraction of sp³-hybridized carbons (Fsp3) is 0. The minimum atomic E-state index is -0.0755. The van der Waals surface area contributed by atoms with Gasteiger partial charge in [0.1, 0.15) is 0 Å². The minimum Gasteiger partial charge on any atom is -0.258 e. The molecule has 0 atom stereocenters. The van der Waals surface area contributed by atoms with Crippen molar-refractivity contribution >= 4 is 46.9 Å². The van der Waals surface area contributed by atoms with Crippen molar-refractivity contribution in [1.29, 1.82) is 0 Å². The summed E-state index contributed by atoms with van der Waals surface area (Å²) >= 11 is 3.39. The van der Waals surface area contributed by atoms with E-state index in [1.54, 1.807) is 0 Å². The van der Waals surface area contributed by atoms with E-state index in [1.807, 2.05) is 12.1 Å². The van der Waals surface area contributed by atoms with Crippen LogP contribution < -0.4 is 11.3 Å². The fourth-order valence-electron chi connectivity index (χ4n) is 0.714. The largest absolute Gasteiger partial charge is 0.258 e. The minimum absolute atomic E-state index is 0.0755. The van der Waals surface area contributed by atoms with Crippen molar-refractivity contribution in [3.05, 3.63) is 26.2 Å². The number of anilines is 1. The Morgan fingerprint density at radius 2 is 2.27 bits per heavy atom. The molecule has 0 fully saturated rings. The van der Waals surface area contributed by atoms with Gasteiger partial charge in [-0.25, -0.2) is 5.43 Å². The molecular formula is C7H9BrIN2+. The van der Waals surface area contributed by atoms with Crippen LogP contribution in [-0.4, -0.2) is 4.51 Å². The molecule has 0 heterocycles. The normalized spacial score (nSPS) is 9.64. The molecule has 0 aliphatic carbocycles. The predicted octanol–water partition coefficient (Wildman–Crippen LogP) is 1.59. The van der Waals surface area contributed by atoms with Crippen LogP contribution in [0.5, 0.6) is 0 Å². The molecule has 0 saturated heterocycles. The van der Waals surface area contributed by atoms with E-state index in [2.05, 4.69) is 37.8 Å². The first-order valence-electron chi connectivity index (χ1n) is 2.99. The van der Waals surface area contributed by atoms with Crippen molar-refractivity contribution < 1.29 is 5.84 Å². The second-order valence-corrected chi connectivity index (χ2v) is 4.72. The molecule has 0 amide bonds. The van der Waals surface area contributed by atoms with Crippen molar-refractivity contribution in [3.8, 4) is 0 Å². The van der Waals surface area contributed by atoms with Gasteiger partial charge in [-0.1, -0.05) is 25.2 Å². The van der Waals surface area contributed by atoms with E-state index in [-0.39, 0.29) is 20.7 Å². The lowest BCUT2D eigenvalue weighted by molar-refractivity contribution is -0.325. The summed E-state index contributed by atoms with van der Waals surface area (Å²) in [6, 6.07) is 6.11. The van der Waals surface area contributed by atoms with Gasteiger partial charge in [-0.3, -0.25) is 5.84 Å². The third-order valence-electron chi connectivity index (χ3n) is 1.27. The maximum atomic E-state index is 3.92. The number of hydrogen-bond acceptors (Lipinski definition) is 1. The molecule has 1 aromatic carbocycles. The molecule has 0 unspecified atom stereocenters. The summed E-state index contributed by atoms with van der Waals surface area (Å²) in [4.78, 5) is 0. The number of halogens is 2. The first kappa shape index (κ1) is 9.15. The highest BCUT2D eigenvalue weighted by molar-refractivity contribution is 14.2. The van der Waals surface area contributed by atoms with E-state index in [1.165, 1.54) is 3.57 Å². The lowest BCUT2D eigenvalue weighted by atomic mass is 10.3. The second kappa shape index (κ2) is 4.18. The maximum Gasteiger partial charge on any atom is 0.0859 e. The third kappa shape index (κ3) is 2.25. The van der Waals surface area contributed by atoms with Crippen LogP contribution in [0.4, 0.5) is 5.69 Å². The SMILES string of the molecule is C=Ic1ccc(N[NH3+])cc1Br. The molecule has 0 spiro atoms. The first-order valence-corrected chi connectivity index (χ1v) is 6.38. The maximum absolute atomic E-state index is 3.92. The Balaban J connectivity index is 3.09. The summed E-state index contributed by atoms with van der Waals surface area (Å²) in [7, 11) is 0. The number of hydrogen-bond donors (Lipinski definition) is 2. The van der Waals surface area contributed by atoms with Crippen molar-refractivity contribution in [3.63, 3.8) is 0 Å². The van der Waals surface area contributed by atoms with Gasteiger partial charge in [0.25, 0.3) is 0 Å². The molecule has 0 aliphatic heterocycles. The second-order valence-electron chi connectivity index (χ2n) is 1.94. The van der Waals surface area contributed by atoms with Crippen LogP contribution in [0.25, 0.3) is 0 Å². The standard InChI is InChI=1S/C7H8BrIN2/c1-9-7-3-2-5(11-10)4-6(7)8/h2-4,11H,1,10H2/p+1. The number of quaternary nitrogens is 1. The van der Waals surface area contributed by atoms with Gasteiger partial charge in [0.15, 0.2) is 0 Å². The molecule has 0 saturated carbocycles. The number of nitrogens with one attached hydrogen (secondary N) is 1. The van der Waals surface area contributed by atoms with E-state index in [4.69, 9.17) is 0 Å². The van der Waals surface area contributed by atoms with Gasteiger partial charge in [-0.15, -0.1) is 0 Å². The van der Waals surface area contributed by atoms with Crippen molar-refractivity contribution in [1.82, 2.24) is 0 Å². The zero-order valence-electron chi connectivity index (χ0n) is 5.90. The highest BCUT2D eigenvalue weighted by Gasteiger charge is 1.97. The van der Waals surface area contributed by atoms with Crippen LogP contribution in [0, 0.1) is 3.57 Å². The Morgan fingerprint density at radius 1 is 1.55 bits per heavy atom. The van der Waals surface area contributed by atoms with Gasteiger partial charge < -0.3 is 0 Å². The molecule has 0 aliphatic rings. The smallest absolute Gasteiger partial charge is 0.0859 e. The molecule has 2 nitrogen and oxygen atoms in total. The number of rotatable bonds is 2. The predicted molar refractivity (Wildman–Crippen MR) is 60.5 cm³/mol. The van der Waals surface area contributed by atoms with Crippen LogP contribution in [0.15, 0.2) is 22.7 Å². The van der Waals surface area contributed by atoms with Gasteiger partial charge in [0.2, 0.25) is 0 Å². The summed E-state index contributed by atoms with van der Waals surface area (Å²) in [6.45, 7) is 0. The van der Waals surface area contributed by atoms with Crippen LogP contribution in [0.2, 0.25) is 0 Å². The molecule has 0 radical (unpaired) electrons. The average Bonchev–Trinajstić information content (AvgIpc) is 2.04. The van der Waals surface area contributed by atoms with Gasteiger partial charge in [-0.2, -0.15) is 0 Å². The van der Waals surface area contributed by atoms with Crippen molar-refractivity contribution in [2.24, 2.45) is 0 Å². The molecule has 11 heavy (non-hydrogen) atoms. The molecular weight excluding hydrogens is 319 g/mol. The summed E-state index contributed by atoms with van der Waals surface area (Å²) in [5.74, 6) is 3.58. The van der Waals surface area contributed by atoms with Crippen LogP contribution in [0.3, 0.4) is 0 Å². The van der Waals surface area contributed by atoms with Gasteiger partial charge >= 0.3 is 0 Å². The van der Waals surface area contributed by atoms with E-state index in [0.29, 0.717) is 0 Å². The first-order chi connectivity index (χ1) is 5.27. The van der Waals surface area contributed by atoms with Crippen LogP contribution in [0.1, 0.15) is 0 Å². The molecule has 1 rings (SSSR count). The molecule has 4 heteroatoms. The lowest BCUT2D eigenvalue weighted by Gasteiger charge is -1.99. The molecule has 0 aromatic heterocycles. The van der Waals surface area contributed by atoms with Gasteiger partial charge in [-0.05, 0) is 34.1 Å². The Bertz CT molecular complexity index is 275. The van der Waals surface area contributed by atoms with Crippen LogP contribution in [-0.2, 0) is 0 Å². The van der Waals surface area contributed by atoms with Gasteiger partial charge in [0.05, 0.1) is 5.69 Å². The lowest BCUT2D eigenvalue weighted by Crippen LogP contribution is -2.56. The summed E-state index contributed by atoms with van der Waals surface area (Å²) < 4.78 is 6.37. The third-order valence-corrected chi connectivity index (χ3v) is 4.43. The van der Waals surface area contributed by atoms with Crippen molar-refractivity contribution in [2.75, 3.05) is 5.43 Å². The van der Waals surface area contributed by atoms with Crippen LogP contribution >= 0.6 is 36.7 Å². The summed E-state index contributed by atoms with van der Waals surface area (Å²) in [6.07, 6.45) is 0. The Hall–Kier alpha value is 0.0600. The zero-order valence-corrected chi connectivity index (χ0v) is 9.65. The Morgan fingerprint density at radius 3 is 2.73 bits per heavy atom. The van der Waals surface area contributed by atoms with E-state index >= 15 is 0 Å². The zero-order chi connectivity index (χ0) is 8.27. The molecule has 1 aromatic rings. The van der Waals surface area contributed by atoms with Gasteiger partial charge in [0, 0.05) is 8.04 Å². The van der Waals surface area contributed by atoms with Crippen molar-refractivity contribution in [2.45, 2.75) is 0 Å². The number of benzene rings is 1. The highest BCUT2D eigenvalue weighted by atomic mass is 127. The topological polar surface area (TPSA) is 39.7 Å². The monoisotopic (exact) mass is 327 g/mol. The van der Waals surface area contributed by atoms with E-state index < -0.39 is 0 Å². The fourth-order valence-corrected chi connectivity index (χ4v) is 2.76. The van der Waals surface area contributed by atoms with E-state index in [9.17, 15) is 0 Å². The highest BCUT2D eigenvalue weighted by Crippen LogP contribution is 2.24. The Kier molecular flexibility index (Phi) is 3.47. The quantitative estimate of drug-likeness (QED) is 0.628. The molecule has 60 valence electrons. The summed E-state index contributed by atoms with van der Waals surface area (Å²) in [5.41, 5.74) is 3.86. The average molecular weight is 328 g/mol. The Labute approximate surface area is 84.0 Å². The summed E-state index contributed by atoms with van der Waals surface area (Å²) in [5, 5.41) is 0. The molecule has 0 bridgehead atoms. The van der Waals surface area contributed by atoms with E-state index in [0.717, 1.165) is 10.2 Å².